The van der Waals surface area contributed by atoms with E-state index in [1.54, 1.807) is 6.20 Å². The Labute approximate surface area is 126 Å². The van der Waals surface area contributed by atoms with E-state index in [0.717, 1.165) is 32.1 Å². The zero-order valence-electron chi connectivity index (χ0n) is 11.0. The minimum absolute atomic E-state index is 0.654. The van der Waals surface area contributed by atoms with Crippen LogP contribution in [0.3, 0.4) is 0 Å². The first-order valence-electron chi connectivity index (χ1n) is 6.44. The van der Waals surface area contributed by atoms with Crippen molar-refractivity contribution in [1.82, 2.24) is 4.98 Å². The summed E-state index contributed by atoms with van der Waals surface area (Å²) in [6, 6.07) is 15.8. The number of nitrogens with zero attached hydrogens (tertiary/aromatic N) is 1. The highest BCUT2D eigenvalue weighted by Crippen LogP contribution is 2.27. The molecular formula is C17H14BrNO. The molecule has 20 heavy (non-hydrogen) atoms. The molecule has 0 bridgehead atoms. The molecule has 0 radical (unpaired) electrons. The number of hydrogen-bond donors (Lipinski definition) is 1. The summed E-state index contributed by atoms with van der Waals surface area (Å²) in [5, 5.41) is 11.6. The number of hydrogen-bond acceptors (Lipinski definition) is 2. The number of aromatic nitrogens is 1. The fraction of sp³-hybridized carbons (Fsp3) is 0.118. The fourth-order valence-corrected chi connectivity index (χ4v) is 2.51. The molecule has 0 amide bonds. The van der Waals surface area contributed by atoms with Gasteiger partial charge in [-0.05, 0) is 36.2 Å². The van der Waals surface area contributed by atoms with E-state index in [0.29, 0.717) is 0 Å². The van der Waals surface area contributed by atoms with Gasteiger partial charge in [-0.2, -0.15) is 0 Å². The van der Waals surface area contributed by atoms with Crippen LogP contribution in [0.1, 0.15) is 22.8 Å². The summed E-state index contributed by atoms with van der Waals surface area (Å²) < 4.78 is 1.05. The molecule has 100 valence electrons. The average molecular weight is 328 g/mol. The van der Waals surface area contributed by atoms with Crippen LogP contribution in [0.4, 0.5) is 0 Å². The van der Waals surface area contributed by atoms with E-state index in [2.05, 4.69) is 20.9 Å². The predicted molar refractivity (Wildman–Crippen MR) is 84.7 cm³/mol. The van der Waals surface area contributed by atoms with Crippen molar-refractivity contribution in [3.63, 3.8) is 0 Å². The molecule has 0 spiro atoms. The molecule has 0 saturated heterocycles. The van der Waals surface area contributed by atoms with Crippen molar-refractivity contribution in [3.05, 3.63) is 75.9 Å². The number of halogens is 1. The van der Waals surface area contributed by atoms with Gasteiger partial charge in [-0.1, -0.05) is 46.3 Å². The van der Waals surface area contributed by atoms with Crippen LogP contribution in [0.2, 0.25) is 0 Å². The van der Waals surface area contributed by atoms with E-state index in [1.807, 2.05) is 55.5 Å². The molecule has 2 aromatic carbocycles. The molecule has 1 atom stereocenters. The first-order valence-corrected chi connectivity index (χ1v) is 7.23. The number of aryl methyl sites for hydroxylation is 1. The maximum absolute atomic E-state index is 10.5. The Morgan fingerprint density at radius 3 is 2.65 bits per heavy atom. The molecule has 1 aromatic heterocycles. The second-order valence-corrected chi connectivity index (χ2v) is 5.73. The minimum atomic E-state index is -0.654. The second-order valence-electron chi connectivity index (χ2n) is 4.87. The monoisotopic (exact) mass is 327 g/mol. The molecular weight excluding hydrogens is 314 g/mol. The first kappa shape index (κ1) is 13.3. The summed E-state index contributed by atoms with van der Waals surface area (Å²) >= 11 is 3.47. The highest BCUT2D eigenvalue weighted by molar-refractivity contribution is 9.10. The fourth-order valence-electron chi connectivity index (χ4n) is 2.27. The van der Waals surface area contributed by atoms with Gasteiger partial charge in [0.05, 0.1) is 5.52 Å². The van der Waals surface area contributed by atoms with Crippen molar-refractivity contribution >= 4 is 26.8 Å². The summed E-state index contributed by atoms with van der Waals surface area (Å²) in [6.45, 7) is 2.01. The quantitative estimate of drug-likeness (QED) is 0.757. The van der Waals surface area contributed by atoms with Gasteiger partial charge in [0.15, 0.2) is 0 Å². The molecule has 0 aliphatic heterocycles. The molecule has 1 heterocycles. The van der Waals surface area contributed by atoms with E-state index >= 15 is 0 Å². The Balaban J connectivity index is 2.02. The number of pyridine rings is 1. The molecule has 3 heteroatoms. The van der Waals surface area contributed by atoms with E-state index in [1.165, 1.54) is 0 Å². The third-order valence-electron chi connectivity index (χ3n) is 3.43. The predicted octanol–water partition coefficient (Wildman–Crippen LogP) is 4.39. The zero-order valence-corrected chi connectivity index (χ0v) is 12.6. The van der Waals surface area contributed by atoms with Gasteiger partial charge >= 0.3 is 0 Å². The summed E-state index contributed by atoms with van der Waals surface area (Å²) in [5.74, 6) is 0. The van der Waals surface area contributed by atoms with Gasteiger partial charge in [0, 0.05) is 21.6 Å². The van der Waals surface area contributed by atoms with Gasteiger partial charge in [-0.15, -0.1) is 0 Å². The van der Waals surface area contributed by atoms with Crippen LogP contribution >= 0.6 is 15.9 Å². The van der Waals surface area contributed by atoms with Gasteiger partial charge in [-0.3, -0.25) is 4.98 Å². The van der Waals surface area contributed by atoms with Crippen molar-refractivity contribution in [2.75, 3.05) is 0 Å². The lowest BCUT2D eigenvalue weighted by molar-refractivity contribution is 0.220. The van der Waals surface area contributed by atoms with Crippen molar-refractivity contribution in [3.8, 4) is 0 Å². The Bertz CT molecular complexity index is 770. The second kappa shape index (κ2) is 5.35. The van der Waals surface area contributed by atoms with Gasteiger partial charge in [0.1, 0.15) is 6.10 Å². The van der Waals surface area contributed by atoms with Crippen LogP contribution in [0, 0.1) is 6.92 Å². The standard InChI is InChI=1S/C17H14BrNO/c1-11-8-13(6-7-15(11)18)17(20)14-9-12-4-2-3-5-16(12)19-10-14/h2-10,17,20H,1H3. The molecule has 0 aliphatic rings. The third-order valence-corrected chi connectivity index (χ3v) is 4.31. The molecule has 0 aliphatic carbocycles. The lowest BCUT2D eigenvalue weighted by atomic mass is 10.0. The normalized spacial score (nSPS) is 12.6. The SMILES string of the molecule is Cc1cc(C(O)c2cnc3ccccc3c2)ccc1Br. The lowest BCUT2D eigenvalue weighted by Gasteiger charge is -2.13. The van der Waals surface area contributed by atoms with Crippen molar-refractivity contribution in [2.45, 2.75) is 13.0 Å². The number of benzene rings is 2. The van der Waals surface area contributed by atoms with Gasteiger partial charge < -0.3 is 5.11 Å². The largest absolute Gasteiger partial charge is 0.384 e. The summed E-state index contributed by atoms with van der Waals surface area (Å²) in [5.41, 5.74) is 3.74. The topological polar surface area (TPSA) is 33.1 Å². The Morgan fingerprint density at radius 2 is 1.85 bits per heavy atom. The molecule has 3 aromatic rings. The number of para-hydroxylation sites is 1. The summed E-state index contributed by atoms with van der Waals surface area (Å²) in [7, 11) is 0. The molecule has 1 N–H and O–H groups in total. The molecule has 0 saturated carbocycles. The molecule has 1 unspecified atom stereocenters. The number of rotatable bonds is 2. The maximum Gasteiger partial charge on any atom is 0.106 e. The van der Waals surface area contributed by atoms with Crippen LogP contribution in [0.25, 0.3) is 10.9 Å². The van der Waals surface area contributed by atoms with Crippen LogP contribution in [-0.2, 0) is 0 Å². The number of aliphatic hydroxyl groups excluding tert-OH is 1. The number of aliphatic hydroxyl groups is 1. The molecule has 0 fully saturated rings. The zero-order chi connectivity index (χ0) is 14.1. The highest BCUT2D eigenvalue weighted by Gasteiger charge is 2.12. The van der Waals surface area contributed by atoms with Crippen LogP contribution < -0.4 is 0 Å². The van der Waals surface area contributed by atoms with Gasteiger partial charge in [-0.25, -0.2) is 0 Å². The van der Waals surface area contributed by atoms with Crippen LogP contribution in [0.15, 0.2) is 59.2 Å². The van der Waals surface area contributed by atoms with E-state index in [-0.39, 0.29) is 0 Å². The smallest absolute Gasteiger partial charge is 0.106 e. The van der Waals surface area contributed by atoms with Crippen molar-refractivity contribution in [2.24, 2.45) is 0 Å². The van der Waals surface area contributed by atoms with E-state index < -0.39 is 6.10 Å². The summed E-state index contributed by atoms with van der Waals surface area (Å²) in [4.78, 5) is 4.40. The van der Waals surface area contributed by atoms with Crippen LogP contribution in [-0.4, -0.2) is 10.1 Å². The maximum atomic E-state index is 10.5. The first-order chi connectivity index (χ1) is 9.65. The van der Waals surface area contributed by atoms with Crippen molar-refractivity contribution < 1.29 is 5.11 Å². The van der Waals surface area contributed by atoms with Crippen molar-refractivity contribution in [1.29, 1.82) is 0 Å². The van der Waals surface area contributed by atoms with E-state index in [4.69, 9.17) is 0 Å². The molecule has 2 nitrogen and oxygen atoms in total. The van der Waals surface area contributed by atoms with Gasteiger partial charge in [0.2, 0.25) is 0 Å². The third kappa shape index (κ3) is 2.47. The average Bonchev–Trinajstić information content (AvgIpc) is 2.49. The Kier molecular flexibility index (Phi) is 3.55. The van der Waals surface area contributed by atoms with Crippen LogP contribution in [0.5, 0.6) is 0 Å². The van der Waals surface area contributed by atoms with E-state index in [9.17, 15) is 5.11 Å². The van der Waals surface area contributed by atoms with Gasteiger partial charge in [0.25, 0.3) is 0 Å². The molecule has 3 rings (SSSR count). The highest BCUT2D eigenvalue weighted by atomic mass is 79.9. The minimum Gasteiger partial charge on any atom is -0.384 e. The Hall–Kier alpha value is -1.71. The lowest BCUT2D eigenvalue weighted by Crippen LogP contribution is -2.01. The Morgan fingerprint density at radius 1 is 1.05 bits per heavy atom. The number of fused-ring (bicyclic) bond motifs is 1. The summed E-state index contributed by atoms with van der Waals surface area (Å²) in [6.07, 6.45) is 1.09.